The Kier molecular flexibility index (Phi) is 3.80. The number of anilines is 1. The summed E-state index contributed by atoms with van der Waals surface area (Å²) in [5, 5.41) is 15.9. The van der Waals surface area contributed by atoms with Crippen LogP contribution in [-0.2, 0) is 5.41 Å². The van der Waals surface area contributed by atoms with Crippen molar-refractivity contribution in [2.24, 2.45) is 0 Å². The van der Waals surface area contributed by atoms with Crippen LogP contribution in [0.2, 0.25) is 0 Å². The number of aromatic nitrogens is 1. The molecule has 0 radical (unpaired) electrons. The van der Waals surface area contributed by atoms with Crippen molar-refractivity contribution >= 4 is 22.8 Å². The van der Waals surface area contributed by atoms with Crippen molar-refractivity contribution in [1.29, 1.82) is 0 Å². The second-order valence-electron chi connectivity index (χ2n) is 4.87. The number of hydrogen-bond donors (Lipinski definition) is 1. The molecule has 100 valence electrons. The van der Waals surface area contributed by atoms with Crippen LogP contribution in [0.1, 0.15) is 18.7 Å². The highest BCUT2D eigenvalue weighted by atomic mass is 32.1. The molecule has 0 saturated heterocycles. The Hall–Kier alpha value is -1.95. The minimum Gasteiger partial charge on any atom is -0.369 e. The molecule has 0 aliphatic heterocycles. The molecule has 19 heavy (non-hydrogen) atoms. The van der Waals surface area contributed by atoms with Crippen LogP contribution in [0.3, 0.4) is 0 Å². The number of thiophene rings is 1. The molecule has 2 heterocycles. The van der Waals surface area contributed by atoms with E-state index in [2.05, 4.69) is 30.2 Å². The van der Waals surface area contributed by atoms with Crippen LogP contribution in [0.4, 0.5) is 11.5 Å². The molecule has 0 spiro atoms. The van der Waals surface area contributed by atoms with Gasteiger partial charge in [-0.25, -0.2) is 4.98 Å². The van der Waals surface area contributed by atoms with Crippen molar-refractivity contribution in [1.82, 2.24) is 4.98 Å². The zero-order chi connectivity index (χ0) is 13.9. The normalized spacial score (nSPS) is 11.3. The SMILES string of the molecule is CC(C)(CNc1cc([N+](=O)[O-])ccn1)c1cccs1. The average molecular weight is 277 g/mol. The number of nitro groups is 1. The Labute approximate surface area is 115 Å². The van der Waals surface area contributed by atoms with Crippen LogP contribution >= 0.6 is 11.3 Å². The van der Waals surface area contributed by atoms with Gasteiger partial charge in [0.1, 0.15) is 5.82 Å². The third kappa shape index (κ3) is 3.29. The Morgan fingerprint density at radius 2 is 2.26 bits per heavy atom. The van der Waals surface area contributed by atoms with Gasteiger partial charge in [0, 0.05) is 29.1 Å². The molecule has 0 bridgehead atoms. The maximum Gasteiger partial charge on any atom is 0.274 e. The van der Waals surface area contributed by atoms with Gasteiger partial charge in [-0.15, -0.1) is 11.3 Å². The van der Waals surface area contributed by atoms with E-state index in [0.29, 0.717) is 12.4 Å². The fourth-order valence-corrected chi connectivity index (χ4v) is 2.54. The van der Waals surface area contributed by atoms with Crippen molar-refractivity contribution in [3.8, 4) is 0 Å². The summed E-state index contributed by atoms with van der Waals surface area (Å²) in [6.45, 7) is 4.92. The Morgan fingerprint density at radius 3 is 2.89 bits per heavy atom. The van der Waals surface area contributed by atoms with Gasteiger partial charge in [-0.2, -0.15) is 0 Å². The van der Waals surface area contributed by atoms with Crippen LogP contribution < -0.4 is 5.32 Å². The maximum atomic E-state index is 10.7. The summed E-state index contributed by atoms with van der Waals surface area (Å²) in [7, 11) is 0. The summed E-state index contributed by atoms with van der Waals surface area (Å²) >= 11 is 1.70. The molecule has 2 aromatic heterocycles. The lowest BCUT2D eigenvalue weighted by molar-refractivity contribution is -0.384. The van der Waals surface area contributed by atoms with E-state index < -0.39 is 4.92 Å². The van der Waals surface area contributed by atoms with Gasteiger partial charge < -0.3 is 5.32 Å². The van der Waals surface area contributed by atoms with Crippen LogP contribution in [0.5, 0.6) is 0 Å². The van der Waals surface area contributed by atoms with Crippen molar-refractivity contribution in [3.05, 3.63) is 50.8 Å². The first-order valence-corrected chi connectivity index (χ1v) is 6.75. The standard InChI is InChI=1S/C13H15N3O2S/c1-13(2,11-4-3-7-19-11)9-15-12-8-10(16(17)18)5-6-14-12/h3-8H,9H2,1-2H3,(H,14,15). The molecule has 0 unspecified atom stereocenters. The van der Waals surface area contributed by atoms with Crippen molar-refractivity contribution in [3.63, 3.8) is 0 Å². The number of nitrogens with zero attached hydrogens (tertiary/aromatic N) is 2. The lowest BCUT2D eigenvalue weighted by atomic mass is 9.91. The monoisotopic (exact) mass is 277 g/mol. The quantitative estimate of drug-likeness (QED) is 0.671. The van der Waals surface area contributed by atoms with Crippen molar-refractivity contribution in [2.45, 2.75) is 19.3 Å². The third-order valence-corrected chi connectivity index (χ3v) is 4.09. The van der Waals surface area contributed by atoms with Crippen LogP contribution in [-0.4, -0.2) is 16.5 Å². The topological polar surface area (TPSA) is 68.1 Å². The second kappa shape index (κ2) is 5.36. The first-order chi connectivity index (χ1) is 8.99. The zero-order valence-electron chi connectivity index (χ0n) is 10.8. The van der Waals surface area contributed by atoms with Gasteiger partial charge in [-0.05, 0) is 11.4 Å². The molecule has 6 heteroatoms. The minimum absolute atomic E-state index is 0.0412. The number of nitrogens with one attached hydrogen (secondary N) is 1. The molecule has 1 N–H and O–H groups in total. The van der Waals surface area contributed by atoms with Gasteiger partial charge in [-0.3, -0.25) is 10.1 Å². The van der Waals surface area contributed by atoms with Crippen LogP contribution in [0.25, 0.3) is 0 Å². The van der Waals surface area contributed by atoms with E-state index in [1.54, 1.807) is 11.3 Å². The number of rotatable bonds is 5. The zero-order valence-corrected chi connectivity index (χ0v) is 11.6. The van der Waals surface area contributed by atoms with Gasteiger partial charge in [0.15, 0.2) is 0 Å². The first-order valence-electron chi connectivity index (χ1n) is 5.87. The van der Waals surface area contributed by atoms with Gasteiger partial charge in [0.25, 0.3) is 5.69 Å². The first kappa shape index (κ1) is 13.5. The van der Waals surface area contributed by atoms with Gasteiger partial charge in [0.05, 0.1) is 11.0 Å². The van der Waals surface area contributed by atoms with Crippen molar-refractivity contribution in [2.75, 3.05) is 11.9 Å². The van der Waals surface area contributed by atoms with E-state index in [4.69, 9.17) is 0 Å². The average Bonchev–Trinajstić information content (AvgIpc) is 2.91. The predicted octanol–water partition coefficient (Wildman–Crippen LogP) is 3.44. The third-order valence-electron chi connectivity index (χ3n) is 2.85. The molecule has 0 aliphatic rings. The van der Waals surface area contributed by atoms with Gasteiger partial charge >= 0.3 is 0 Å². The Morgan fingerprint density at radius 1 is 1.47 bits per heavy atom. The fourth-order valence-electron chi connectivity index (χ4n) is 1.69. The van der Waals surface area contributed by atoms with E-state index in [9.17, 15) is 10.1 Å². The molecule has 5 nitrogen and oxygen atoms in total. The summed E-state index contributed by atoms with van der Waals surface area (Å²) in [5.41, 5.74) is 0.00642. The molecule has 2 aromatic rings. The minimum atomic E-state index is -0.419. The Bertz CT molecular complexity index is 567. The molecule has 0 fully saturated rings. The van der Waals surface area contributed by atoms with E-state index in [-0.39, 0.29) is 11.1 Å². The summed E-state index contributed by atoms with van der Waals surface area (Å²) in [4.78, 5) is 15.6. The van der Waals surface area contributed by atoms with Crippen molar-refractivity contribution < 1.29 is 4.92 Å². The highest BCUT2D eigenvalue weighted by Gasteiger charge is 2.21. The van der Waals surface area contributed by atoms with Gasteiger partial charge in [0.2, 0.25) is 0 Å². The maximum absolute atomic E-state index is 10.7. The summed E-state index contributed by atoms with van der Waals surface area (Å²) in [6, 6.07) is 6.95. The molecule has 0 amide bonds. The number of hydrogen-bond acceptors (Lipinski definition) is 5. The summed E-state index contributed by atoms with van der Waals surface area (Å²) in [5.74, 6) is 0.527. The molecular weight excluding hydrogens is 262 g/mol. The van der Waals surface area contributed by atoms with E-state index in [1.165, 1.54) is 23.2 Å². The largest absolute Gasteiger partial charge is 0.369 e. The Balaban J connectivity index is 2.06. The summed E-state index contributed by atoms with van der Waals surface area (Å²) < 4.78 is 0. The fraction of sp³-hybridized carbons (Fsp3) is 0.308. The smallest absolute Gasteiger partial charge is 0.274 e. The lowest BCUT2D eigenvalue weighted by Gasteiger charge is -2.23. The highest BCUT2D eigenvalue weighted by molar-refractivity contribution is 7.10. The lowest BCUT2D eigenvalue weighted by Crippen LogP contribution is -2.26. The molecule has 0 aliphatic carbocycles. The molecule has 2 rings (SSSR count). The predicted molar refractivity (Wildman–Crippen MR) is 76.7 cm³/mol. The van der Waals surface area contributed by atoms with Gasteiger partial charge in [-0.1, -0.05) is 19.9 Å². The number of pyridine rings is 1. The van der Waals surface area contributed by atoms with E-state index in [0.717, 1.165) is 0 Å². The highest BCUT2D eigenvalue weighted by Crippen LogP contribution is 2.27. The van der Waals surface area contributed by atoms with Crippen LogP contribution in [0.15, 0.2) is 35.8 Å². The van der Waals surface area contributed by atoms with E-state index in [1.807, 2.05) is 11.4 Å². The van der Waals surface area contributed by atoms with E-state index >= 15 is 0 Å². The molecular formula is C13H15N3O2S. The summed E-state index contributed by atoms with van der Waals surface area (Å²) in [6.07, 6.45) is 1.44. The molecule has 0 aromatic carbocycles. The molecule has 0 saturated carbocycles. The molecule has 0 atom stereocenters. The second-order valence-corrected chi connectivity index (χ2v) is 5.82. The van der Waals surface area contributed by atoms with Crippen LogP contribution in [0, 0.1) is 10.1 Å².